The van der Waals surface area contributed by atoms with Crippen molar-refractivity contribution in [2.24, 2.45) is 5.41 Å². The molecule has 0 saturated heterocycles. The van der Waals surface area contributed by atoms with Crippen LogP contribution in [-0.2, 0) is 14.3 Å². The number of hydrogen-bond acceptors (Lipinski definition) is 6. The van der Waals surface area contributed by atoms with Gasteiger partial charge in [-0.15, -0.1) is 5.10 Å². The van der Waals surface area contributed by atoms with Crippen LogP contribution in [0.2, 0.25) is 0 Å². The van der Waals surface area contributed by atoms with Gasteiger partial charge in [0.05, 0.1) is 12.6 Å². The number of esters is 1. The smallest absolute Gasteiger partial charge is 0.315 e. The number of carbonyl (C=O) groups excluding carboxylic acids is 2. The zero-order valence-electron chi connectivity index (χ0n) is 13.4. The minimum atomic E-state index is -0.754. The maximum Gasteiger partial charge on any atom is 0.315 e. The SMILES string of the molecule is CCOC(=O)C1(COc2cnnn2C(C)C)CCC(=O)CC1. The van der Waals surface area contributed by atoms with Crippen molar-refractivity contribution in [3.05, 3.63) is 6.20 Å². The Labute approximate surface area is 130 Å². The Hall–Kier alpha value is -1.92. The van der Waals surface area contributed by atoms with Crippen LogP contribution in [0.3, 0.4) is 0 Å². The summed E-state index contributed by atoms with van der Waals surface area (Å²) in [6.07, 6.45) is 3.25. The van der Waals surface area contributed by atoms with Crippen molar-refractivity contribution in [1.82, 2.24) is 15.0 Å². The van der Waals surface area contributed by atoms with Crippen molar-refractivity contribution in [3.63, 3.8) is 0 Å². The molecule has 0 unspecified atom stereocenters. The molecule has 22 heavy (non-hydrogen) atoms. The summed E-state index contributed by atoms with van der Waals surface area (Å²) in [6, 6.07) is 0.115. The predicted octanol–water partition coefficient (Wildman–Crippen LogP) is 1.93. The molecule has 7 heteroatoms. The van der Waals surface area contributed by atoms with Crippen LogP contribution < -0.4 is 4.74 Å². The van der Waals surface area contributed by atoms with E-state index in [0.717, 1.165) is 0 Å². The average Bonchev–Trinajstić information content (AvgIpc) is 2.96. The number of ketones is 1. The van der Waals surface area contributed by atoms with Crippen molar-refractivity contribution in [2.75, 3.05) is 13.2 Å². The maximum atomic E-state index is 12.4. The van der Waals surface area contributed by atoms with Gasteiger partial charge < -0.3 is 9.47 Å². The molecular formula is C15H23N3O4. The van der Waals surface area contributed by atoms with Crippen molar-refractivity contribution in [2.45, 2.75) is 52.5 Å². The lowest BCUT2D eigenvalue weighted by molar-refractivity contribution is -0.160. The van der Waals surface area contributed by atoms with E-state index in [9.17, 15) is 9.59 Å². The topological polar surface area (TPSA) is 83.3 Å². The average molecular weight is 309 g/mol. The standard InChI is InChI=1S/C15H23N3O4/c1-4-21-14(20)15(7-5-12(19)6-8-15)10-22-13-9-16-17-18(13)11(2)3/h9,11H,4-8,10H2,1-3H3. The second-order valence-corrected chi connectivity index (χ2v) is 5.94. The van der Waals surface area contributed by atoms with Crippen molar-refractivity contribution < 1.29 is 19.1 Å². The molecule has 122 valence electrons. The number of hydrogen-bond donors (Lipinski definition) is 0. The Balaban J connectivity index is 2.11. The monoisotopic (exact) mass is 309 g/mol. The molecule has 0 spiro atoms. The van der Waals surface area contributed by atoms with E-state index in [2.05, 4.69) is 10.3 Å². The van der Waals surface area contributed by atoms with E-state index in [0.29, 0.717) is 38.2 Å². The van der Waals surface area contributed by atoms with Gasteiger partial charge in [-0.3, -0.25) is 9.59 Å². The van der Waals surface area contributed by atoms with Gasteiger partial charge in [-0.05, 0) is 33.6 Å². The number of nitrogens with zero attached hydrogens (tertiary/aromatic N) is 3. The number of aromatic nitrogens is 3. The molecule has 1 aromatic heterocycles. The van der Waals surface area contributed by atoms with E-state index in [1.165, 1.54) is 6.20 Å². The van der Waals surface area contributed by atoms with Crippen LogP contribution in [0.5, 0.6) is 5.88 Å². The molecular weight excluding hydrogens is 286 g/mol. The lowest BCUT2D eigenvalue weighted by Gasteiger charge is -2.33. The zero-order valence-corrected chi connectivity index (χ0v) is 13.4. The molecule has 0 aromatic carbocycles. The van der Waals surface area contributed by atoms with Gasteiger partial charge in [-0.2, -0.15) is 0 Å². The first-order valence-electron chi connectivity index (χ1n) is 7.70. The molecule has 1 aromatic rings. The predicted molar refractivity (Wildman–Crippen MR) is 78.4 cm³/mol. The Morgan fingerprint density at radius 3 is 2.68 bits per heavy atom. The summed E-state index contributed by atoms with van der Waals surface area (Å²) >= 11 is 0. The van der Waals surface area contributed by atoms with Gasteiger partial charge in [0.25, 0.3) is 0 Å². The molecule has 7 nitrogen and oxygen atoms in total. The van der Waals surface area contributed by atoms with Gasteiger partial charge in [-0.1, -0.05) is 5.21 Å². The van der Waals surface area contributed by atoms with Gasteiger partial charge in [0.2, 0.25) is 5.88 Å². The first-order chi connectivity index (χ1) is 10.5. The zero-order chi connectivity index (χ0) is 16.2. The maximum absolute atomic E-state index is 12.4. The van der Waals surface area contributed by atoms with Gasteiger partial charge in [-0.25, -0.2) is 4.68 Å². The third-order valence-electron chi connectivity index (χ3n) is 4.00. The lowest BCUT2D eigenvalue weighted by atomic mass is 9.74. The summed E-state index contributed by atoms with van der Waals surface area (Å²) in [5.74, 6) is 0.426. The first kappa shape index (κ1) is 16.5. The summed E-state index contributed by atoms with van der Waals surface area (Å²) < 4.78 is 12.7. The fourth-order valence-corrected chi connectivity index (χ4v) is 2.61. The summed E-state index contributed by atoms with van der Waals surface area (Å²) in [4.78, 5) is 23.8. The Morgan fingerprint density at radius 2 is 2.09 bits per heavy atom. The van der Waals surface area contributed by atoms with Crippen molar-refractivity contribution in [1.29, 1.82) is 0 Å². The van der Waals surface area contributed by atoms with E-state index in [-0.39, 0.29) is 24.4 Å². The molecule has 1 aliphatic carbocycles. The van der Waals surface area contributed by atoms with E-state index in [4.69, 9.17) is 9.47 Å². The van der Waals surface area contributed by atoms with Crippen LogP contribution in [0.1, 0.15) is 52.5 Å². The second kappa shape index (κ2) is 6.89. The lowest BCUT2D eigenvalue weighted by Crippen LogP contribution is -2.42. The minimum Gasteiger partial charge on any atom is -0.475 e. The van der Waals surface area contributed by atoms with Gasteiger partial charge in [0, 0.05) is 12.8 Å². The van der Waals surface area contributed by atoms with Gasteiger partial charge in [0.1, 0.15) is 24.0 Å². The molecule has 0 atom stereocenters. The van der Waals surface area contributed by atoms with Crippen LogP contribution in [0, 0.1) is 5.41 Å². The Morgan fingerprint density at radius 1 is 1.41 bits per heavy atom. The molecule has 0 radical (unpaired) electrons. The highest BCUT2D eigenvalue weighted by atomic mass is 16.5. The van der Waals surface area contributed by atoms with Crippen molar-refractivity contribution >= 4 is 11.8 Å². The third kappa shape index (κ3) is 3.45. The van der Waals surface area contributed by atoms with Crippen molar-refractivity contribution in [3.8, 4) is 5.88 Å². The molecule has 2 rings (SSSR count). The highest BCUT2D eigenvalue weighted by Crippen LogP contribution is 2.37. The summed E-state index contributed by atoms with van der Waals surface area (Å²) in [5, 5.41) is 7.81. The Bertz CT molecular complexity index is 529. The molecule has 1 heterocycles. The van der Waals surface area contributed by atoms with Gasteiger partial charge >= 0.3 is 5.97 Å². The molecule has 0 aliphatic heterocycles. The Kier molecular flexibility index (Phi) is 5.15. The molecule has 0 N–H and O–H groups in total. The normalized spacial score (nSPS) is 17.5. The van der Waals surface area contributed by atoms with Crippen LogP contribution in [-0.4, -0.2) is 40.0 Å². The summed E-state index contributed by atoms with van der Waals surface area (Å²) in [6.45, 7) is 6.22. The largest absolute Gasteiger partial charge is 0.475 e. The van der Waals surface area contributed by atoms with E-state index in [1.807, 2.05) is 13.8 Å². The van der Waals surface area contributed by atoms with Gasteiger partial charge in [0.15, 0.2) is 0 Å². The molecule has 1 aliphatic rings. The van der Waals surface area contributed by atoms with E-state index < -0.39 is 5.41 Å². The molecule has 0 amide bonds. The number of ether oxygens (including phenoxy) is 2. The van der Waals surface area contributed by atoms with Crippen LogP contribution >= 0.6 is 0 Å². The number of rotatable bonds is 6. The fourth-order valence-electron chi connectivity index (χ4n) is 2.61. The van der Waals surface area contributed by atoms with Crippen LogP contribution in [0.15, 0.2) is 6.20 Å². The van der Waals surface area contributed by atoms with Crippen LogP contribution in [0.4, 0.5) is 0 Å². The molecule has 1 saturated carbocycles. The molecule has 1 fully saturated rings. The first-order valence-corrected chi connectivity index (χ1v) is 7.70. The summed E-state index contributed by atoms with van der Waals surface area (Å²) in [5.41, 5.74) is -0.754. The molecule has 0 bridgehead atoms. The number of Topliss-reactive ketones (excluding diaryl/α,β-unsaturated/α-hetero) is 1. The quantitative estimate of drug-likeness (QED) is 0.747. The second-order valence-electron chi connectivity index (χ2n) is 5.94. The van der Waals surface area contributed by atoms with Crippen LogP contribution in [0.25, 0.3) is 0 Å². The highest BCUT2D eigenvalue weighted by Gasteiger charge is 2.44. The third-order valence-corrected chi connectivity index (χ3v) is 4.00. The number of carbonyl (C=O) groups is 2. The summed E-state index contributed by atoms with van der Waals surface area (Å²) in [7, 11) is 0. The fraction of sp³-hybridized carbons (Fsp3) is 0.733. The minimum absolute atomic E-state index is 0.115. The highest BCUT2D eigenvalue weighted by molar-refractivity contribution is 5.84. The van der Waals surface area contributed by atoms with E-state index in [1.54, 1.807) is 11.6 Å². The van der Waals surface area contributed by atoms with E-state index >= 15 is 0 Å².